The maximum absolute atomic E-state index is 12.1. The Kier molecular flexibility index (Phi) is 3.20. The van der Waals surface area contributed by atoms with Gasteiger partial charge < -0.3 is 9.67 Å². The highest BCUT2D eigenvalue weighted by Crippen LogP contribution is 2.22. The number of nitrogens with zero attached hydrogens (tertiary/aromatic N) is 1. The van der Waals surface area contributed by atoms with Gasteiger partial charge in [0.2, 0.25) is 11.8 Å². The zero-order chi connectivity index (χ0) is 14.2. The van der Waals surface area contributed by atoms with Gasteiger partial charge >= 0.3 is 5.97 Å². The molecule has 0 radical (unpaired) electrons. The van der Waals surface area contributed by atoms with Crippen molar-refractivity contribution < 1.29 is 19.5 Å². The number of nitrogens with one attached hydrogen (secondary N) is 1. The minimum Gasteiger partial charge on any atom is -0.477 e. The van der Waals surface area contributed by atoms with Gasteiger partial charge in [-0.15, -0.1) is 0 Å². The first-order valence-corrected chi connectivity index (χ1v) is 5.68. The molecular weight excluding hydrogens is 252 g/mol. The van der Waals surface area contributed by atoms with Crippen LogP contribution < -0.4 is 10.9 Å². The van der Waals surface area contributed by atoms with Gasteiger partial charge in [-0.25, -0.2) is 4.79 Å². The highest BCUT2D eigenvalue weighted by molar-refractivity contribution is 6.00. The molecule has 0 saturated carbocycles. The molecule has 100 valence electrons. The Morgan fingerprint density at radius 1 is 1.37 bits per heavy atom. The van der Waals surface area contributed by atoms with Gasteiger partial charge in [-0.05, 0) is 12.5 Å². The van der Waals surface area contributed by atoms with E-state index in [1.54, 1.807) is 0 Å². The minimum absolute atomic E-state index is 0.152. The number of piperidine rings is 1. The standard InChI is InChI=1S/C12H12N2O5/c1-14-8(12(18)19)4-2-7(11(14)17)6-3-5-9(15)13-10(6)16/h2,4,6H,3,5H2,1H3,(H,18,19)(H,13,15,16). The molecule has 0 bridgehead atoms. The number of amides is 2. The summed E-state index contributed by atoms with van der Waals surface area (Å²) in [7, 11) is 1.33. The molecule has 1 saturated heterocycles. The molecule has 0 aliphatic carbocycles. The number of carboxylic acid groups (broad SMARTS) is 1. The van der Waals surface area contributed by atoms with E-state index in [9.17, 15) is 19.2 Å². The monoisotopic (exact) mass is 264 g/mol. The van der Waals surface area contributed by atoms with E-state index in [0.717, 1.165) is 4.57 Å². The molecule has 2 rings (SSSR count). The van der Waals surface area contributed by atoms with Crippen LogP contribution in [-0.4, -0.2) is 27.5 Å². The third kappa shape index (κ3) is 2.26. The Morgan fingerprint density at radius 3 is 2.63 bits per heavy atom. The van der Waals surface area contributed by atoms with Crippen molar-refractivity contribution in [3.05, 3.63) is 33.7 Å². The van der Waals surface area contributed by atoms with Crippen molar-refractivity contribution in [3.8, 4) is 0 Å². The molecular formula is C12H12N2O5. The highest BCUT2D eigenvalue weighted by atomic mass is 16.4. The van der Waals surface area contributed by atoms with Crippen molar-refractivity contribution in [3.63, 3.8) is 0 Å². The first kappa shape index (κ1) is 13.0. The van der Waals surface area contributed by atoms with Crippen LogP contribution in [0.4, 0.5) is 0 Å². The third-order valence-corrected chi connectivity index (χ3v) is 3.17. The van der Waals surface area contributed by atoms with Crippen molar-refractivity contribution >= 4 is 17.8 Å². The molecule has 2 N–H and O–H groups in total. The van der Waals surface area contributed by atoms with Crippen molar-refractivity contribution in [2.24, 2.45) is 7.05 Å². The molecule has 0 spiro atoms. The molecule has 2 amide bonds. The molecule has 1 aromatic rings. The van der Waals surface area contributed by atoms with Crippen LogP contribution in [0.15, 0.2) is 16.9 Å². The average Bonchev–Trinajstić information content (AvgIpc) is 2.33. The van der Waals surface area contributed by atoms with E-state index in [1.165, 1.54) is 19.2 Å². The van der Waals surface area contributed by atoms with Gasteiger partial charge in [0.05, 0.1) is 5.92 Å². The minimum atomic E-state index is -1.21. The second-order valence-corrected chi connectivity index (χ2v) is 4.35. The molecule has 2 heterocycles. The van der Waals surface area contributed by atoms with E-state index < -0.39 is 23.4 Å². The summed E-state index contributed by atoms with van der Waals surface area (Å²) in [5.74, 6) is -2.80. The van der Waals surface area contributed by atoms with Crippen LogP contribution in [0.5, 0.6) is 0 Å². The summed E-state index contributed by atoms with van der Waals surface area (Å²) in [5.41, 5.74) is -0.479. The van der Waals surface area contributed by atoms with Crippen LogP contribution in [0.3, 0.4) is 0 Å². The summed E-state index contributed by atoms with van der Waals surface area (Å²) in [4.78, 5) is 45.7. The van der Waals surface area contributed by atoms with Crippen LogP contribution in [0, 0.1) is 0 Å². The number of aromatic carboxylic acids is 1. The number of carboxylic acids is 1. The molecule has 7 heteroatoms. The first-order valence-electron chi connectivity index (χ1n) is 5.68. The van der Waals surface area contributed by atoms with Gasteiger partial charge in [-0.1, -0.05) is 6.07 Å². The Balaban J connectivity index is 2.45. The third-order valence-electron chi connectivity index (χ3n) is 3.17. The van der Waals surface area contributed by atoms with E-state index in [4.69, 9.17) is 5.11 Å². The largest absolute Gasteiger partial charge is 0.477 e. The number of pyridine rings is 1. The number of carbonyl (C=O) groups is 3. The Bertz CT molecular complexity index is 631. The number of hydrogen-bond acceptors (Lipinski definition) is 4. The number of aromatic nitrogens is 1. The van der Waals surface area contributed by atoms with Crippen molar-refractivity contribution in [2.45, 2.75) is 18.8 Å². The molecule has 7 nitrogen and oxygen atoms in total. The fourth-order valence-corrected chi connectivity index (χ4v) is 2.13. The van der Waals surface area contributed by atoms with Gasteiger partial charge in [0.15, 0.2) is 0 Å². The number of hydrogen-bond donors (Lipinski definition) is 2. The summed E-state index contributed by atoms with van der Waals surface area (Å²) in [6, 6.07) is 2.62. The molecule has 19 heavy (non-hydrogen) atoms. The fourth-order valence-electron chi connectivity index (χ4n) is 2.13. The van der Waals surface area contributed by atoms with Crippen molar-refractivity contribution in [2.75, 3.05) is 0 Å². The topological polar surface area (TPSA) is 105 Å². The lowest BCUT2D eigenvalue weighted by atomic mass is 9.91. The van der Waals surface area contributed by atoms with E-state index in [-0.39, 0.29) is 30.0 Å². The maximum Gasteiger partial charge on any atom is 0.352 e. The van der Waals surface area contributed by atoms with Crippen molar-refractivity contribution in [1.82, 2.24) is 9.88 Å². The quantitative estimate of drug-likeness (QED) is 0.707. The van der Waals surface area contributed by atoms with Crippen LogP contribution in [-0.2, 0) is 16.6 Å². The summed E-state index contributed by atoms with van der Waals surface area (Å²) < 4.78 is 0.987. The lowest BCUT2D eigenvalue weighted by molar-refractivity contribution is -0.134. The normalized spacial score (nSPS) is 19.1. The zero-order valence-electron chi connectivity index (χ0n) is 10.2. The van der Waals surface area contributed by atoms with Gasteiger partial charge in [0.1, 0.15) is 5.69 Å². The first-order chi connectivity index (χ1) is 8.91. The average molecular weight is 264 g/mol. The van der Waals surface area contributed by atoms with Crippen molar-refractivity contribution in [1.29, 1.82) is 0 Å². The predicted octanol–water partition coefficient (Wildman–Crippen LogP) is -0.396. The Labute approximate surface area is 107 Å². The lowest BCUT2D eigenvalue weighted by Crippen LogP contribution is -2.42. The van der Waals surface area contributed by atoms with Gasteiger partial charge in [0.25, 0.3) is 5.56 Å². The smallest absolute Gasteiger partial charge is 0.352 e. The number of rotatable bonds is 2. The van der Waals surface area contributed by atoms with E-state index >= 15 is 0 Å². The summed E-state index contributed by atoms with van der Waals surface area (Å²) in [5, 5.41) is 11.1. The summed E-state index contributed by atoms with van der Waals surface area (Å²) in [6.45, 7) is 0. The van der Waals surface area contributed by atoms with Gasteiger partial charge in [-0.2, -0.15) is 0 Å². The highest BCUT2D eigenvalue weighted by Gasteiger charge is 2.30. The maximum atomic E-state index is 12.1. The van der Waals surface area contributed by atoms with Gasteiger partial charge in [-0.3, -0.25) is 19.7 Å². The van der Waals surface area contributed by atoms with Gasteiger partial charge in [0, 0.05) is 19.0 Å². The molecule has 1 aromatic heterocycles. The molecule has 1 aliphatic heterocycles. The predicted molar refractivity (Wildman–Crippen MR) is 63.8 cm³/mol. The molecule has 1 unspecified atom stereocenters. The molecule has 0 aromatic carbocycles. The van der Waals surface area contributed by atoms with E-state index in [0.29, 0.717) is 0 Å². The molecule has 1 aliphatic rings. The van der Waals surface area contributed by atoms with Crippen LogP contribution in [0.2, 0.25) is 0 Å². The number of imide groups is 1. The van der Waals surface area contributed by atoms with E-state index in [2.05, 4.69) is 5.32 Å². The number of carbonyl (C=O) groups excluding carboxylic acids is 2. The van der Waals surface area contributed by atoms with Crippen LogP contribution in [0.25, 0.3) is 0 Å². The van der Waals surface area contributed by atoms with E-state index in [1.807, 2.05) is 0 Å². The van der Waals surface area contributed by atoms with Crippen LogP contribution in [0.1, 0.15) is 34.8 Å². The Hall–Kier alpha value is -2.44. The SMILES string of the molecule is Cn1c(C(=O)O)ccc(C2CCC(=O)NC2=O)c1=O. The summed E-state index contributed by atoms with van der Waals surface area (Å²) in [6.07, 6.45) is 0.423. The summed E-state index contributed by atoms with van der Waals surface area (Å²) >= 11 is 0. The fraction of sp³-hybridized carbons (Fsp3) is 0.333. The molecule has 1 atom stereocenters. The molecule has 1 fully saturated rings. The Morgan fingerprint density at radius 2 is 2.05 bits per heavy atom. The second-order valence-electron chi connectivity index (χ2n) is 4.35. The zero-order valence-corrected chi connectivity index (χ0v) is 10.2. The second kappa shape index (κ2) is 4.68. The van der Waals surface area contributed by atoms with Crippen LogP contribution >= 0.6 is 0 Å². The lowest BCUT2D eigenvalue weighted by Gasteiger charge is -2.21.